The first-order valence-corrected chi connectivity index (χ1v) is 8.53. The number of amides is 2. The van der Waals surface area contributed by atoms with Crippen molar-refractivity contribution in [3.63, 3.8) is 0 Å². The van der Waals surface area contributed by atoms with E-state index in [1.54, 1.807) is 31.2 Å². The van der Waals surface area contributed by atoms with Gasteiger partial charge in [0.1, 0.15) is 6.04 Å². The number of carbonyl (C=O) groups is 2. The van der Waals surface area contributed by atoms with Crippen LogP contribution in [0, 0.1) is 17.2 Å². The number of anilines is 3. The van der Waals surface area contributed by atoms with Gasteiger partial charge in [-0.2, -0.15) is 5.26 Å². The summed E-state index contributed by atoms with van der Waals surface area (Å²) >= 11 is 0. The summed E-state index contributed by atoms with van der Waals surface area (Å²) in [6.45, 7) is 1.77. The van der Waals surface area contributed by atoms with E-state index < -0.39 is 6.04 Å². The highest BCUT2D eigenvalue weighted by molar-refractivity contribution is 5.96. The summed E-state index contributed by atoms with van der Waals surface area (Å²) in [6, 6.07) is 15.6. The summed E-state index contributed by atoms with van der Waals surface area (Å²) in [5.74, 6) is 0.0560. The van der Waals surface area contributed by atoms with Crippen LogP contribution in [0.3, 0.4) is 0 Å². The largest absolute Gasteiger partial charge is 0.374 e. The molecule has 2 aromatic carbocycles. The lowest BCUT2D eigenvalue weighted by Crippen LogP contribution is -2.31. The molecule has 1 saturated carbocycles. The van der Waals surface area contributed by atoms with Gasteiger partial charge in [0.15, 0.2) is 0 Å². The molecule has 1 aliphatic rings. The van der Waals surface area contributed by atoms with Gasteiger partial charge in [-0.15, -0.1) is 0 Å². The Bertz CT molecular complexity index is 834. The number of carbonyl (C=O) groups excluding carboxylic acids is 2. The van der Waals surface area contributed by atoms with Crippen LogP contribution in [-0.4, -0.2) is 17.9 Å². The molecule has 2 aromatic rings. The molecule has 1 fully saturated rings. The van der Waals surface area contributed by atoms with E-state index in [2.05, 4.69) is 16.0 Å². The van der Waals surface area contributed by atoms with Gasteiger partial charge in [0, 0.05) is 23.0 Å². The number of nitrogens with one attached hydrogen (secondary N) is 3. The Balaban J connectivity index is 1.52. The standard InChI is InChI=1S/C20H20N4O2/c1-13(19(25)23-17-6-2-14(12-21)3-7-17)22-16-8-10-18(11-9-16)24-20(26)15-4-5-15/h2-3,6-11,13,15,22H,4-5H2,1H3,(H,23,25)(H,24,26)/t13-/m0/s1. The lowest BCUT2D eigenvalue weighted by atomic mass is 10.2. The molecule has 2 amide bonds. The van der Waals surface area contributed by atoms with Gasteiger partial charge in [-0.05, 0) is 68.3 Å². The molecule has 6 heteroatoms. The van der Waals surface area contributed by atoms with E-state index in [-0.39, 0.29) is 17.7 Å². The first kappa shape index (κ1) is 17.5. The van der Waals surface area contributed by atoms with Gasteiger partial charge < -0.3 is 16.0 Å². The van der Waals surface area contributed by atoms with E-state index in [4.69, 9.17) is 5.26 Å². The average molecular weight is 348 g/mol. The molecule has 3 rings (SSSR count). The highest BCUT2D eigenvalue weighted by Crippen LogP contribution is 2.30. The Morgan fingerprint density at radius 1 is 0.962 bits per heavy atom. The van der Waals surface area contributed by atoms with Crippen molar-refractivity contribution >= 4 is 28.9 Å². The minimum Gasteiger partial charge on any atom is -0.374 e. The van der Waals surface area contributed by atoms with Gasteiger partial charge in [-0.3, -0.25) is 9.59 Å². The molecule has 1 aliphatic carbocycles. The monoisotopic (exact) mass is 348 g/mol. The second-order valence-corrected chi connectivity index (χ2v) is 6.39. The van der Waals surface area contributed by atoms with Crippen LogP contribution in [0.25, 0.3) is 0 Å². The molecule has 0 aliphatic heterocycles. The maximum atomic E-state index is 12.3. The number of rotatable bonds is 6. The third-order valence-corrected chi connectivity index (χ3v) is 4.16. The normalized spacial score (nSPS) is 14.0. The molecule has 26 heavy (non-hydrogen) atoms. The molecule has 0 unspecified atom stereocenters. The Morgan fingerprint density at radius 2 is 1.50 bits per heavy atom. The zero-order valence-electron chi connectivity index (χ0n) is 14.5. The average Bonchev–Trinajstić information content (AvgIpc) is 3.49. The topological polar surface area (TPSA) is 94.0 Å². The van der Waals surface area contributed by atoms with Gasteiger partial charge in [-0.25, -0.2) is 0 Å². The lowest BCUT2D eigenvalue weighted by molar-refractivity contribution is -0.117. The van der Waals surface area contributed by atoms with Gasteiger partial charge in [0.05, 0.1) is 11.6 Å². The van der Waals surface area contributed by atoms with E-state index in [0.29, 0.717) is 11.3 Å². The zero-order chi connectivity index (χ0) is 18.5. The molecule has 0 spiro atoms. The van der Waals surface area contributed by atoms with Crippen LogP contribution in [0.4, 0.5) is 17.1 Å². The van der Waals surface area contributed by atoms with Crippen molar-refractivity contribution in [2.75, 3.05) is 16.0 Å². The lowest BCUT2D eigenvalue weighted by Gasteiger charge is -2.16. The van der Waals surface area contributed by atoms with Crippen molar-refractivity contribution in [1.29, 1.82) is 5.26 Å². The minimum atomic E-state index is -0.447. The predicted molar refractivity (Wildman–Crippen MR) is 101 cm³/mol. The fourth-order valence-corrected chi connectivity index (χ4v) is 2.43. The Hall–Kier alpha value is -3.33. The van der Waals surface area contributed by atoms with E-state index in [0.717, 1.165) is 24.2 Å². The summed E-state index contributed by atoms with van der Waals surface area (Å²) in [7, 11) is 0. The quantitative estimate of drug-likeness (QED) is 0.746. The van der Waals surface area contributed by atoms with Crippen molar-refractivity contribution in [2.24, 2.45) is 5.92 Å². The van der Waals surface area contributed by atoms with Crippen molar-refractivity contribution in [1.82, 2.24) is 0 Å². The molecule has 6 nitrogen and oxygen atoms in total. The van der Waals surface area contributed by atoms with Gasteiger partial charge in [0.2, 0.25) is 11.8 Å². The Labute approximate surface area is 152 Å². The van der Waals surface area contributed by atoms with E-state index in [1.807, 2.05) is 30.3 Å². The summed E-state index contributed by atoms with van der Waals surface area (Å²) < 4.78 is 0. The highest BCUT2D eigenvalue weighted by Gasteiger charge is 2.29. The summed E-state index contributed by atoms with van der Waals surface area (Å²) in [4.78, 5) is 24.0. The SMILES string of the molecule is C[C@H](Nc1ccc(NC(=O)C2CC2)cc1)C(=O)Nc1ccc(C#N)cc1. The number of benzene rings is 2. The van der Waals surface area contributed by atoms with Crippen LogP contribution in [0.15, 0.2) is 48.5 Å². The minimum absolute atomic E-state index is 0.0703. The molecule has 0 aromatic heterocycles. The fourth-order valence-electron chi connectivity index (χ4n) is 2.43. The molecule has 132 valence electrons. The Morgan fingerprint density at radius 3 is 2.08 bits per heavy atom. The number of hydrogen-bond acceptors (Lipinski definition) is 4. The second-order valence-electron chi connectivity index (χ2n) is 6.39. The zero-order valence-corrected chi connectivity index (χ0v) is 14.5. The maximum Gasteiger partial charge on any atom is 0.246 e. The molecule has 0 saturated heterocycles. The van der Waals surface area contributed by atoms with Crippen molar-refractivity contribution in [3.05, 3.63) is 54.1 Å². The van der Waals surface area contributed by atoms with Crippen molar-refractivity contribution in [2.45, 2.75) is 25.8 Å². The van der Waals surface area contributed by atoms with Crippen LogP contribution < -0.4 is 16.0 Å². The molecule has 0 bridgehead atoms. The van der Waals surface area contributed by atoms with Gasteiger partial charge in [0.25, 0.3) is 0 Å². The number of nitrogens with zero attached hydrogens (tertiary/aromatic N) is 1. The van der Waals surface area contributed by atoms with E-state index in [9.17, 15) is 9.59 Å². The van der Waals surface area contributed by atoms with E-state index in [1.165, 1.54) is 0 Å². The first-order valence-electron chi connectivity index (χ1n) is 8.53. The molecular weight excluding hydrogens is 328 g/mol. The summed E-state index contributed by atoms with van der Waals surface area (Å²) in [6.07, 6.45) is 1.94. The van der Waals surface area contributed by atoms with Gasteiger partial charge in [-0.1, -0.05) is 0 Å². The predicted octanol–water partition coefficient (Wildman–Crippen LogP) is 3.35. The summed E-state index contributed by atoms with van der Waals surface area (Å²) in [5.41, 5.74) is 2.72. The highest BCUT2D eigenvalue weighted by atomic mass is 16.2. The fraction of sp³-hybridized carbons (Fsp3) is 0.250. The third-order valence-electron chi connectivity index (χ3n) is 4.16. The molecule has 0 radical (unpaired) electrons. The van der Waals surface area contributed by atoms with Crippen molar-refractivity contribution < 1.29 is 9.59 Å². The van der Waals surface area contributed by atoms with Crippen molar-refractivity contribution in [3.8, 4) is 6.07 Å². The van der Waals surface area contributed by atoms with E-state index >= 15 is 0 Å². The third kappa shape index (κ3) is 4.61. The Kier molecular flexibility index (Phi) is 5.18. The van der Waals surface area contributed by atoms with Crippen LogP contribution in [0.5, 0.6) is 0 Å². The summed E-state index contributed by atoms with van der Waals surface area (Å²) in [5, 5.41) is 17.6. The van der Waals surface area contributed by atoms with Crippen LogP contribution in [0.2, 0.25) is 0 Å². The molecule has 0 heterocycles. The van der Waals surface area contributed by atoms with Gasteiger partial charge >= 0.3 is 0 Å². The maximum absolute atomic E-state index is 12.3. The number of hydrogen-bond donors (Lipinski definition) is 3. The van der Waals surface area contributed by atoms with Crippen LogP contribution in [0.1, 0.15) is 25.3 Å². The smallest absolute Gasteiger partial charge is 0.246 e. The van der Waals surface area contributed by atoms with Crippen LogP contribution >= 0.6 is 0 Å². The first-order chi connectivity index (χ1) is 12.5. The molecule has 3 N–H and O–H groups in total. The van der Waals surface area contributed by atoms with Crippen LogP contribution in [-0.2, 0) is 9.59 Å². The number of nitriles is 1. The molecular formula is C20H20N4O2. The second kappa shape index (κ2) is 7.70. The molecule has 1 atom stereocenters.